The van der Waals surface area contributed by atoms with E-state index in [-0.39, 0.29) is 0 Å². The largest absolute Gasteiger partial charge is 0.452 e. The Morgan fingerprint density at radius 1 is 1.35 bits per heavy atom. The van der Waals surface area contributed by atoms with Gasteiger partial charge in [0, 0.05) is 18.7 Å². The number of aromatic nitrogens is 2. The number of hydrogen-bond donors (Lipinski definition) is 1. The van der Waals surface area contributed by atoms with Crippen LogP contribution in [0, 0.1) is 0 Å². The molecule has 1 heterocycles. The Labute approximate surface area is 124 Å². The van der Waals surface area contributed by atoms with Crippen LogP contribution in [0.15, 0.2) is 30.6 Å². The summed E-state index contributed by atoms with van der Waals surface area (Å²) < 4.78 is 7.72. The third-order valence-corrected chi connectivity index (χ3v) is 3.24. The van der Waals surface area contributed by atoms with Crippen LogP contribution in [0.5, 0.6) is 11.5 Å². The smallest absolute Gasteiger partial charge is 0.165 e. The van der Waals surface area contributed by atoms with Crippen molar-refractivity contribution < 1.29 is 4.74 Å². The second-order valence-corrected chi connectivity index (χ2v) is 4.95. The molecule has 0 aliphatic carbocycles. The number of benzene rings is 1. The Balaban J connectivity index is 2.16. The molecule has 0 spiro atoms. The summed E-state index contributed by atoms with van der Waals surface area (Å²) in [6.07, 6.45) is 4.67. The van der Waals surface area contributed by atoms with Crippen LogP contribution in [0.2, 0.25) is 5.02 Å². The molecular weight excluding hydrogens is 274 g/mol. The van der Waals surface area contributed by atoms with Gasteiger partial charge in [0.1, 0.15) is 0 Å². The van der Waals surface area contributed by atoms with E-state index in [1.807, 2.05) is 36.0 Å². The van der Waals surface area contributed by atoms with E-state index >= 15 is 0 Å². The van der Waals surface area contributed by atoms with Crippen molar-refractivity contribution in [2.45, 2.75) is 33.4 Å². The van der Waals surface area contributed by atoms with Gasteiger partial charge in [0.25, 0.3) is 0 Å². The average Bonchev–Trinajstić information content (AvgIpc) is 2.90. The first kappa shape index (κ1) is 14.9. The Kier molecular flexibility index (Phi) is 5.44. The SMILES string of the molecule is CCCNCc1cccc(Cl)c1Oc1cnn(CC)c1. The predicted molar refractivity (Wildman–Crippen MR) is 81.4 cm³/mol. The second-order valence-electron chi connectivity index (χ2n) is 4.54. The Bertz CT molecular complexity index is 554. The minimum absolute atomic E-state index is 0.616. The van der Waals surface area contributed by atoms with E-state index in [1.165, 1.54) is 0 Å². The van der Waals surface area contributed by atoms with Crippen LogP contribution in [0.25, 0.3) is 0 Å². The summed E-state index contributed by atoms with van der Waals surface area (Å²) in [5, 5.41) is 8.18. The van der Waals surface area contributed by atoms with Crippen molar-refractivity contribution in [3.63, 3.8) is 0 Å². The number of rotatable bonds is 7. The number of aryl methyl sites for hydroxylation is 1. The predicted octanol–water partition coefficient (Wildman–Crippen LogP) is 3.85. The van der Waals surface area contributed by atoms with Crippen molar-refractivity contribution in [1.82, 2.24) is 15.1 Å². The molecule has 0 radical (unpaired) electrons. The van der Waals surface area contributed by atoms with Gasteiger partial charge in [-0.25, -0.2) is 0 Å². The number of hydrogen-bond acceptors (Lipinski definition) is 3. The van der Waals surface area contributed by atoms with Crippen molar-refractivity contribution in [3.05, 3.63) is 41.2 Å². The molecule has 2 aromatic rings. The summed E-state index contributed by atoms with van der Waals surface area (Å²) in [5.41, 5.74) is 1.05. The van der Waals surface area contributed by atoms with Gasteiger partial charge in [0.05, 0.1) is 17.4 Å². The van der Waals surface area contributed by atoms with Crippen molar-refractivity contribution in [2.24, 2.45) is 0 Å². The fraction of sp³-hybridized carbons (Fsp3) is 0.400. The first-order valence-electron chi connectivity index (χ1n) is 6.93. The second kappa shape index (κ2) is 7.31. The lowest BCUT2D eigenvalue weighted by Crippen LogP contribution is -2.14. The standard InChI is InChI=1S/C15H20ClN3O/c1-3-8-17-9-12-6-5-7-14(16)15(12)20-13-10-18-19(4-2)11-13/h5-7,10-11,17H,3-4,8-9H2,1-2H3. The normalized spacial score (nSPS) is 10.8. The summed E-state index contributed by atoms with van der Waals surface area (Å²) in [5.74, 6) is 1.41. The van der Waals surface area contributed by atoms with Gasteiger partial charge in [0.2, 0.25) is 0 Å². The molecule has 0 saturated heterocycles. The fourth-order valence-electron chi connectivity index (χ4n) is 1.89. The summed E-state index contributed by atoms with van der Waals surface area (Å²) in [6, 6.07) is 5.80. The summed E-state index contributed by atoms with van der Waals surface area (Å²) >= 11 is 6.25. The first-order valence-corrected chi connectivity index (χ1v) is 7.30. The zero-order chi connectivity index (χ0) is 14.4. The molecule has 0 fully saturated rings. The summed E-state index contributed by atoms with van der Waals surface area (Å²) in [4.78, 5) is 0. The van der Waals surface area contributed by atoms with Gasteiger partial charge >= 0.3 is 0 Å². The van der Waals surface area contributed by atoms with Gasteiger partial charge in [-0.15, -0.1) is 0 Å². The molecule has 0 bridgehead atoms. The van der Waals surface area contributed by atoms with Gasteiger partial charge in [-0.3, -0.25) is 4.68 Å². The number of nitrogens with one attached hydrogen (secondary N) is 1. The Morgan fingerprint density at radius 2 is 2.20 bits per heavy atom. The maximum Gasteiger partial charge on any atom is 0.165 e. The van der Waals surface area contributed by atoms with E-state index in [0.717, 1.165) is 31.6 Å². The van der Waals surface area contributed by atoms with Crippen LogP contribution >= 0.6 is 11.6 Å². The minimum Gasteiger partial charge on any atom is -0.452 e. The maximum absolute atomic E-state index is 6.25. The molecule has 1 N–H and O–H groups in total. The molecule has 0 saturated carbocycles. The van der Waals surface area contributed by atoms with E-state index in [4.69, 9.17) is 16.3 Å². The average molecular weight is 294 g/mol. The van der Waals surface area contributed by atoms with E-state index in [1.54, 1.807) is 6.20 Å². The van der Waals surface area contributed by atoms with Gasteiger partial charge in [0.15, 0.2) is 11.5 Å². The molecule has 2 rings (SSSR count). The molecule has 0 unspecified atom stereocenters. The van der Waals surface area contributed by atoms with E-state index in [9.17, 15) is 0 Å². The lowest BCUT2D eigenvalue weighted by atomic mass is 10.2. The van der Waals surface area contributed by atoms with Gasteiger partial charge in [-0.05, 0) is 26.0 Å². The quantitative estimate of drug-likeness (QED) is 0.788. The molecule has 0 atom stereocenters. The minimum atomic E-state index is 0.616. The third-order valence-electron chi connectivity index (χ3n) is 2.94. The molecule has 1 aromatic heterocycles. The van der Waals surface area contributed by atoms with Gasteiger partial charge < -0.3 is 10.1 Å². The zero-order valence-electron chi connectivity index (χ0n) is 11.9. The van der Waals surface area contributed by atoms with Crippen LogP contribution in [0.4, 0.5) is 0 Å². The van der Waals surface area contributed by atoms with Gasteiger partial charge in [-0.1, -0.05) is 30.7 Å². The molecule has 1 aromatic carbocycles. The molecular formula is C15H20ClN3O. The molecule has 108 valence electrons. The highest BCUT2D eigenvalue weighted by Gasteiger charge is 2.10. The van der Waals surface area contributed by atoms with E-state index in [2.05, 4.69) is 17.3 Å². The van der Waals surface area contributed by atoms with Gasteiger partial charge in [-0.2, -0.15) is 5.10 Å². The Morgan fingerprint density at radius 3 is 2.90 bits per heavy atom. The van der Waals surface area contributed by atoms with E-state index in [0.29, 0.717) is 16.5 Å². The molecule has 5 heteroatoms. The Hall–Kier alpha value is -1.52. The summed E-state index contributed by atoms with van der Waals surface area (Å²) in [7, 11) is 0. The number of nitrogens with zero attached hydrogens (tertiary/aromatic N) is 2. The molecule has 0 aliphatic rings. The highest BCUT2D eigenvalue weighted by atomic mass is 35.5. The van der Waals surface area contributed by atoms with Crippen LogP contribution in [0.3, 0.4) is 0 Å². The van der Waals surface area contributed by atoms with Crippen LogP contribution in [-0.4, -0.2) is 16.3 Å². The third kappa shape index (κ3) is 3.74. The zero-order valence-corrected chi connectivity index (χ0v) is 12.7. The highest BCUT2D eigenvalue weighted by molar-refractivity contribution is 6.32. The molecule has 0 aliphatic heterocycles. The van der Waals surface area contributed by atoms with Crippen molar-refractivity contribution in [1.29, 1.82) is 0 Å². The van der Waals surface area contributed by atoms with Crippen molar-refractivity contribution in [3.8, 4) is 11.5 Å². The topological polar surface area (TPSA) is 39.1 Å². The first-order chi connectivity index (χ1) is 9.74. The lowest BCUT2D eigenvalue weighted by Gasteiger charge is -2.12. The molecule has 0 amide bonds. The number of halogens is 1. The number of para-hydroxylation sites is 1. The van der Waals surface area contributed by atoms with Crippen molar-refractivity contribution >= 4 is 11.6 Å². The van der Waals surface area contributed by atoms with E-state index < -0.39 is 0 Å². The lowest BCUT2D eigenvalue weighted by molar-refractivity contribution is 0.471. The van der Waals surface area contributed by atoms with Crippen LogP contribution < -0.4 is 10.1 Å². The molecule has 20 heavy (non-hydrogen) atoms. The fourth-order valence-corrected chi connectivity index (χ4v) is 2.13. The summed E-state index contributed by atoms with van der Waals surface area (Å²) in [6.45, 7) is 6.70. The number of ether oxygens (including phenoxy) is 1. The molecule has 4 nitrogen and oxygen atoms in total. The highest BCUT2D eigenvalue weighted by Crippen LogP contribution is 2.32. The van der Waals surface area contributed by atoms with Crippen LogP contribution in [-0.2, 0) is 13.1 Å². The van der Waals surface area contributed by atoms with Crippen LogP contribution in [0.1, 0.15) is 25.8 Å². The monoisotopic (exact) mass is 293 g/mol. The van der Waals surface area contributed by atoms with Crippen molar-refractivity contribution in [2.75, 3.05) is 6.54 Å². The maximum atomic E-state index is 6.25.